The van der Waals surface area contributed by atoms with Gasteiger partial charge in [-0.05, 0) is 64.0 Å². The van der Waals surface area contributed by atoms with Gasteiger partial charge < -0.3 is 0 Å². The van der Waals surface area contributed by atoms with Gasteiger partial charge in [0.2, 0.25) is 0 Å². The molecule has 0 unspecified atom stereocenters. The molecule has 0 fully saturated rings. The molecular formula is C31H26F6P2. The van der Waals surface area contributed by atoms with E-state index in [-0.39, 0.29) is 13.5 Å². The van der Waals surface area contributed by atoms with E-state index < -0.39 is 31.3 Å². The quantitative estimate of drug-likeness (QED) is 0.140. The first-order chi connectivity index (χ1) is 18.4. The molecule has 4 aromatic rings. The van der Waals surface area contributed by atoms with Gasteiger partial charge in [-0.2, -0.15) is 26.3 Å². The van der Waals surface area contributed by atoms with Gasteiger partial charge in [0.25, 0.3) is 0 Å². The summed E-state index contributed by atoms with van der Waals surface area (Å²) in [7, 11) is -4.46. The molecular weight excluding hydrogens is 548 g/mol. The van der Waals surface area contributed by atoms with E-state index in [1.54, 1.807) is 12.1 Å². The third kappa shape index (κ3) is 5.14. The third-order valence-corrected chi connectivity index (χ3v) is 10.0. The van der Waals surface area contributed by atoms with E-state index in [0.717, 1.165) is 39.5 Å². The van der Waals surface area contributed by atoms with Crippen molar-refractivity contribution in [2.75, 3.05) is 13.3 Å². The molecule has 0 amide bonds. The number of fused-ring (bicyclic) bond motifs is 3. The second-order valence-corrected chi connectivity index (χ2v) is 14.7. The maximum Gasteiger partial charge on any atom is 0.414 e. The third-order valence-electron chi connectivity index (χ3n) is 7.12. The van der Waals surface area contributed by atoms with E-state index in [2.05, 4.69) is 25.5 Å². The first-order valence-electron chi connectivity index (χ1n) is 12.4. The molecule has 0 bridgehead atoms. The highest BCUT2D eigenvalue weighted by Gasteiger charge is 2.56. The molecule has 202 valence electrons. The van der Waals surface area contributed by atoms with Crippen molar-refractivity contribution in [2.24, 2.45) is 0 Å². The van der Waals surface area contributed by atoms with E-state index in [1.807, 2.05) is 66.7 Å². The van der Waals surface area contributed by atoms with E-state index in [1.165, 1.54) is 6.07 Å². The molecule has 0 N–H and O–H groups in total. The van der Waals surface area contributed by atoms with Gasteiger partial charge in [0.05, 0.1) is 5.41 Å². The maximum absolute atomic E-state index is 13.5. The molecule has 0 radical (unpaired) electrons. The van der Waals surface area contributed by atoms with Gasteiger partial charge in [0, 0.05) is 6.16 Å². The molecule has 8 heteroatoms. The van der Waals surface area contributed by atoms with Gasteiger partial charge in [-0.3, -0.25) is 0 Å². The molecule has 1 aliphatic carbocycles. The van der Waals surface area contributed by atoms with E-state index in [4.69, 9.17) is 0 Å². The standard InChI is InChI=1S/C31H26F6P2/c1-38(2)19-21-9-7-11-23(17-21)29(27-15-5-3-13-25(27)26-14-4-6-16-28(26)29)24-12-8-10-22(18-24)20-39(30(32,33)34)31(35,36)37/h3-18H,19-20H2,1-2H3. The van der Waals surface area contributed by atoms with Crippen molar-refractivity contribution in [3.05, 3.63) is 130 Å². The van der Waals surface area contributed by atoms with Crippen molar-refractivity contribution in [1.29, 1.82) is 0 Å². The summed E-state index contributed by atoms with van der Waals surface area (Å²) in [6.45, 7) is 4.39. The predicted octanol–water partition coefficient (Wildman–Crippen LogP) is 10.3. The highest BCUT2D eigenvalue weighted by atomic mass is 31.1. The van der Waals surface area contributed by atoms with Gasteiger partial charge >= 0.3 is 11.8 Å². The monoisotopic (exact) mass is 574 g/mol. The SMILES string of the molecule is CP(C)Cc1cccc(C2(c3cccc(CP(C(F)(F)F)C(F)(F)F)c3)c3ccccc3-c3ccccc32)c1. The molecule has 0 saturated carbocycles. The van der Waals surface area contributed by atoms with Crippen LogP contribution in [0.3, 0.4) is 0 Å². The summed E-state index contributed by atoms with van der Waals surface area (Å²) in [6, 6.07) is 30.4. The Hall–Kier alpha value is -2.68. The van der Waals surface area contributed by atoms with Crippen LogP contribution in [0.15, 0.2) is 97.1 Å². The van der Waals surface area contributed by atoms with Gasteiger partial charge in [-0.15, -0.1) is 7.92 Å². The highest BCUT2D eigenvalue weighted by Crippen LogP contribution is 2.66. The molecule has 0 saturated heterocycles. The Balaban J connectivity index is 1.77. The molecule has 0 spiro atoms. The molecule has 0 atom stereocenters. The van der Waals surface area contributed by atoms with Crippen LogP contribution in [-0.2, 0) is 17.7 Å². The molecule has 0 heterocycles. The first kappa shape index (κ1) is 27.9. The number of alkyl halides is 6. The van der Waals surface area contributed by atoms with Crippen molar-refractivity contribution in [1.82, 2.24) is 0 Å². The van der Waals surface area contributed by atoms with Crippen LogP contribution in [0.1, 0.15) is 33.4 Å². The van der Waals surface area contributed by atoms with Crippen molar-refractivity contribution in [3.8, 4) is 11.1 Å². The average molecular weight is 574 g/mol. The van der Waals surface area contributed by atoms with Crippen LogP contribution >= 0.6 is 15.8 Å². The lowest BCUT2D eigenvalue weighted by molar-refractivity contribution is -0.0837. The Bertz CT molecular complexity index is 1430. The van der Waals surface area contributed by atoms with Crippen LogP contribution < -0.4 is 0 Å². The van der Waals surface area contributed by atoms with Crippen molar-refractivity contribution < 1.29 is 26.3 Å². The van der Waals surface area contributed by atoms with Crippen LogP contribution in [0, 0.1) is 0 Å². The van der Waals surface area contributed by atoms with Crippen LogP contribution in [0.2, 0.25) is 0 Å². The minimum Gasteiger partial charge on any atom is -0.167 e. The van der Waals surface area contributed by atoms with Gasteiger partial charge in [0.15, 0.2) is 0 Å². The van der Waals surface area contributed by atoms with Crippen LogP contribution in [0.5, 0.6) is 0 Å². The molecule has 5 rings (SSSR count). The summed E-state index contributed by atoms with van der Waals surface area (Å²) in [5.41, 5.74) is 5.83. The molecule has 0 aromatic heterocycles. The fourth-order valence-electron chi connectivity index (χ4n) is 5.70. The number of hydrogen-bond donors (Lipinski definition) is 0. The number of rotatable bonds is 6. The Labute approximate surface area is 226 Å². The van der Waals surface area contributed by atoms with Crippen LogP contribution in [0.4, 0.5) is 26.3 Å². The molecule has 39 heavy (non-hydrogen) atoms. The van der Waals surface area contributed by atoms with Gasteiger partial charge in [0.1, 0.15) is 7.92 Å². The summed E-state index contributed by atoms with van der Waals surface area (Å²) in [6.07, 6.45) is -0.199. The van der Waals surface area contributed by atoms with Crippen molar-refractivity contribution >= 4 is 15.8 Å². The molecule has 0 nitrogen and oxygen atoms in total. The lowest BCUT2D eigenvalue weighted by Gasteiger charge is -2.34. The zero-order chi connectivity index (χ0) is 28.0. The number of halogens is 6. The normalized spacial score (nSPS) is 14.5. The Morgan fingerprint density at radius 1 is 0.564 bits per heavy atom. The van der Waals surface area contributed by atoms with Crippen molar-refractivity contribution in [2.45, 2.75) is 29.6 Å². The van der Waals surface area contributed by atoms with Gasteiger partial charge in [-0.1, -0.05) is 97.1 Å². The topological polar surface area (TPSA) is 0 Å². The Morgan fingerprint density at radius 3 is 1.44 bits per heavy atom. The Morgan fingerprint density at radius 2 is 1.00 bits per heavy atom. The Kier molecular flexibility index (Phi) is 7.42. The summed E-state index contributed by atoms with van der Waals surface area (Å²) in [5.74, 6) is -10.7. The smallest absolute Gasteiger partial charge is 0.167 e. The molecule has 4 aromatic carbocycles. The van der Waals surface area contributed by atoms with E-state index in [9.17, 15) is 26.3 Å². The fourth-order valence-corrected chi connectivity index (χ4v) is 7.84. The maximum atomic E-state index is 13.5. The lowest BCUT2D eigenvalue weighted by atomic mass is 9.67. The number of benzene rings is 4. The summed E-state index contributed by atoms with van der Waals surface area (Å²) in [5, 5.41) is 0. The van der Waals surface area contributed by atoms with E-state index in [0.29, 0.717) is 5.56 Å². The average Bonchev–Trinajstić information content (AvgIpc) is 3.17. The van der Waals surface area contributed by atoms with Crippen LogP contribution in [0.25, 0.3) is 11.1 Å². The summed E-state index contributed by atoms with van der Waals surface area (Å²) in [4.78, 5) is 0. The molecule has 1 aliphatic rings. The highest BCUT2D eigenvalue weighted by molar-refractivity contribution is 7.58. The molecule has 0 aliphatic heterocycles. The minimum atomic E-state index is -5.33. The lowest BCUT2D eigenvalue weighted by Crippen LogP contribution is -2.29. The fraction of sp³-hybridized carbons (Fsp3) is 0.226. The van der Waals surface area contributed by atoms with E-state index >= 15 is 0 Å². The number of hydrogen-bond acceptors (Lipinski definition) is 0. The second-order valence-electron chi connectivity index (χ2n) is 10.0. The largest absolute Gasteiger partial charge is 0.414 e. The van der Waals surface area contributed by atoms with Crippen LogP contribution in [-0.4, -0.2) is 25.2 Å². The second kappa shape index (κ2) is 10.4. The predicted molar refractivity (Wildman–Crippen MR) is 149 cm³/mol. The van der Waals surface area contributed by atoms with Gasteiger partial charge in [-0.25, -0.2) is 0 Å². The van der Waals surface area contributed by atoms with Crippen molar-refractivity contribution in [3.63, 3.8) is 0 Å². The zero-order valence-corrected chi connectivity index (χ0v) is 23.1. The zero-order valence-electron chi connectivity index (χ0n) is 21.3. The summed E-state index contributed by atoms with van der Waals surface area (Å²) < 4.78 is 81.0. The summed E-state index contributed by atoms with van der Waals surface area (Å²) >= 11 is 0. The minimum absolute atomic E-state index is 0.0243. The first-order valence-corrected chi connectivity index (χ1v) is 16.3.